The van der Waals surface area contributed by atoms with Crippen molar-refractivity contribution in [2.75, 3.05) is 37.0 Å². The van der Waals surface area contributed by atoms with Gasteiger partial charge in [0.25, 0.3) is 0 Å². The highest BCUT2D eigenvalue weighted by Gasteiger charge is 2.38. The predicted octanol–water partition coefficient (Wildman–Crippen LogP) is 1.66. The normalized spacial score (nSPS) is 22.7. The summed E-state index contributed by atoms with van der Waals surface area (Å²) in [6.45, 7) is 2.83. The first-order chi connectivity index (χ1) is 10.6. The minimum atomic E-state index is -2.10. The minimum Gasteiger partial charge on any atom is -0.772 e. The van der Waals surface area contributed by atoms with Crippen LogP contribution in [-0.4, -0.2) is 50.8 Å². The van der Waals surface area contributed by atoms with Crippen LogP contribution in [0.15, 0.2) is 6.07 Å². The lowest BCUT2D eigenvalue weighted by Gasteiger charge is -2.32. The second kappa shape index (κ2) is 6.78. The third-order valence-corrected chi connectivity index (χ3v) is 5.48. The minimum absolute atomic E-state index is 0.100. The second-order valence-electron chi connectivity index (χ2n) is 5.92. The molecule has 0 radical (unpaired) electrons. The van der Waals surface area contributed by atoms with Crippen molar-refractivity contribution in [1.29, 1.82) is 0 Å². The van der Waals surface area contributed by atoms with Gasteiger partial charge < -0.3 is 14.2 Å². The zero-order valence-electron chi connectivity index (χ0n) is 12.3. The first kappa shape index (κ1) is 16.1. The first-order valence-electron chi connectivity index (χ1n) is 7.53. The van der Waals surface area contributed by atoms with Crippen LogP contribution >= 0.6 is 11.6 Å². The maximum Gasteiger partial charge on any atom is 0.224 e. The number of morpholine rings is 1. The van der Waals surface area contributed by atoms with Crippen molar-refractivity contribution in [3.05, 3.63) is 17.0 Å². The third kappa shape index (κ3) is 3.42. The predicted molar refractivity (Wildman–Crippen MR) is 84.0 cm³/mol. The number of anilines is 1. The molecule has 0 spiro atoms. The summed E-state index contributed by atoms with van der Waals surface area (Å²) in [4.78, 5) is 10.8. The van der Waals surface area contributed by atoms with Gasteiger partial charge in [-0.3, -0.25) is 4.21 Å². The molecule has 2 aliphatic rings. The van der Waals surface area contributed by atoms with Crippen LogP contribution in [0.5, 0.6) is 0 Å². The van der Waals surface area contributed by atoms with Gasteiger partial charge in [0.2, 0.25) is 5.28 Å². The fourth-order valence-corrected chi connectivity index (χ4v) is 4.45. The van der Waals surface area contributed by atoms with E-state index in [4.69, 9.17) is 16.3 Å². The maximum absolute atomic E-state index is 11.3. The third-order valence-electron chi connectivity index (χ3n) is 4.52. The average Bonchev–Trinajstić information content (AvgIpc) is 2.96. The molecular weight excluding hydrogens is 326 g/mol. The zero-order valence-corrected chi connectivity index (χ0v) is 13.9. The Morgan fingerprint density at radius 1 is 1.32 bits per heavy atom. The summed E-state index contributed by atoms with van der Waals surface area (Å²) in [5.41, 5.74) is 0.343. The fraction of sp³-hybridized carbons (Fsp3) is 0.714. The maximum atomic E-state index is 11.3. The first-order valence-corrected chi connectivity index (χ1v) is 9.15. The highest BCUT2D eigenvalue weighted by Crippen LogP contribution is 2.41. The van der Waals surface area contributed by atoms with E-state index >= 15 is 0 Å². The van der Waals surface area contributed by atoms with Crippen LogP contribution in [0.1, 0.15) is 31.4 Å². The lowest BCUT2D eigenvalue weighted by molar-refractivity contribution is 0.122. The van der Waals surface area contributed by atoms with Crippen molar-refractivity contribution in [3.8, 4) is 0 Å². The van der Waals surface area contributed by atoms with E-state index in [0.717, 1.165) is 50.3 Å². The highest BCUT2D eigenvalue weighted by atomic mass is 35.5. The Balaban J connectivity index is 1.94. The van der Waals surface area contributed by atoms with E-state index in [1.165, 1.54) is 0 Å². The number of hydrogen-bond acceptors (Lipinski definition) is 6. The summed E-state index contributed by atoms with van der Waals surface area (Å²) in [7, 11) is 0. The average molecular weight is 345 g/mol. The molecule has 0 aromatic carbocycles. The molecule has 8 heteroatoms. The van der Waals surface area contributed by atoms with Crippen LogP contribution in [0.4, 0.5) is 5.82 Å². The van der Waals surface area contributed by atoms with Gasteiger partial charge in [0.1, 0.15) is 5.82 Å². The van der Waals surface area contributed by atoms with Gasteiger partial charge in [-0.05, 0) is 24.4 Å². The lowest BCUT2D eigenvalue weighted by atomic mass is 9.84. The van der Waals surface area contributed by atoms with E-state index in [9.17, 15) is 8.76 Å². The molecule has 3 rings (SSSR count). The second-order valence-corrected chi connectivity index (χ2v) is 7.15. The molecule has 1 saturated heterocycles. The number of ether oxygens (including phenoxy) is 1. The molecule has 122 valence electrons. The van der Waals surface area contributed by atoms with Crippen LogP contribution in [0, 0.1) is 0 Å². The van der Waals surface area contributed by atoms with Crippen molar-refractivity contribution < 1.29 is 13.5 Å². The Bertz CT molecular complexity index is 560. The monoisotopic (exact) mass is 344 g/mol. The Morgan fingerprint density at radius 2 is 2.00 bits per heavy atom. The van der Waals surface area contributed by atoms with Gasteiger partial charge in [0, 0.05) is 30.3 Å². The Labute approximate surface area is 137 Å². The SMILES string of the molecule is O=S([O-])CC1(c2cc(N3CCOCC3)nc(Cl)n2)CCCC1. The molecule has 1 atom stereocenters. The van der Waals surface area contributed by atoms with Crippen molar-refractivity contribution in [3.63, 3.8) is 0 Å². The van der Waals surface area contributed by atoms with Crippen LogP contribution in [-0.2, 0) is 21.2 Å². The summed E-state index contributed by atoms with van der Waals surface area (Å²) < 4.78 is 28.0. The molecule has 2 heterocycles. The molecule has 0 N–H and O–H groups in total. The molecule has 1 aromatic rings. The van der Waals surface area contributed by atoms with Crippen LogP contribution in [0.3, 0.4) is 0 Å². The largest absolute Gasteiger partial charge is 0.772 e. The number of nitrogens with zero attached hydrogens (tertiary/aromatic N) is 3. The van der Waals surface area contributed by atoms with E-state index in [2.05, 4.69) is 14.9 Å². The van der Waals surface area contributed by atoms with E-state index < -0.39 is 16.5 Å². The van der Waals surface area contributed by atoms with Gasteiger partial charge in [0.15, 0.2) is 0 Å². The van der Waals surface area contributed by atoms with E-state index in [1.807, 2.05) is 6.07 Å². The Morgan fingerprint density at radius 3 is 2.64 bits per heavy atom. The quantitative estimate of drug-likeness (QED) is 0.610. The van der Waals surface area contributed by atoms with Crippen molar-refractivity contribution in [2.45, 2.75) is 31.1 Å². The van der Waals surface area contributed by atoms with Gasteiger partial charge in [-0.1, -0.05) is 23.9 Å². The molecule has 2 fully saturated rings. The number of halogens is 1. The van der Waals surface area contributed by atoms with Gasteiger partial charge in [0.05, 0.1) is 18.9 Å². The molecule has 1 aliphatic carbocycles. The summed E-state index contributed by atoms with van der Waals surface area (Å²) in [6.07, 6.45) is 3.70. The number of aromatic nitrogens is 2. The van der Waals surface area contributed by atoms with Gasteiger partial charge >= 0.3 is 0 Å². The van der Waals surface area contributed by atoms with Crippen molar-refractivity contribution in [1.82, 2.24) is 9.97 Å². The topological polar surface area (TPSA) is 78.4 Å². The summed E-state index contributed by atoms with van der Waals surface area (Å²) in [5, 5.41) is 0.182. The van der Waals surface area contributed by atoms with Gasteiger partial charge in [-0.2, -0.15) is 0 Å². The standard InChI is InChI=1S/C14H20ClN3O3S/c15-13-16-11(14(10-22(19)20)3-1-2-4-14)9-12(17-13)18-5-7-21-8-6-18/h9H,1-8,10H2,(H,19,20)/p-1. The van der Waals surface area contributed by atoms with E-state index in [-0.39, 0.29) is 11.0 Å². The van der Waals surface area contributed by atoms with Crippen LogP contribution in [0.25, 0.3) is 0 Å². The summed E-state index contributed by atoms with van der Waals surface area (Å²) >= 11 is 4.01. The Hall–Kier alpha value is -0.760. The summed E-state index contributed by atoms with van der Waals surface area (Å²) in [5.74, 6) is 0.865. The fourth-order valence-electron chi connectivity index (χ4n) is 3.38. The molecule has 1 unspecified atom stereocenters. The molecule has 6 nitrogen and oxygen atoms in total. The molecule has 1 aromatic heterocycles. The van der Waals surface area contributed by atoms with E-state index in [0.29, 0.717) is 13.2 Å². The Kier molecular flexibility index (Phi) is 4.97. The van der Waals surface area contributed by atoms with Gasteiger partial charge in [-0.15, -0.1) is 0 Å². The summed E-state index contributed by atoms with van der Waals surface area (Å²) in [6, 6.07) is 1.91. The smallest absolute Gasteiger partial charge is 0.224 e. The molecule has 1 saturated carbocycles. The molecule has 0 amide bonds. The number of rotatable bonds is 4. The zero-order chi connectivity index (χ0) is 15.6. The molecule has 1 aliphatic heterocycles. The number of hydrogen-bond donors (Lipinski definition) is 0. The van der Waals surface area contributed by atoms with E-state index in [1.54, 1.807) is 0 Å². The van der Waals surface area contributed by atoms with Gasteiger partial charge in [-0.25, -0.2) is 9.97 Å². The lowest BCUT2D eigenvalue weighted by Crippen LogP contribution is -2.37. The van der Waals surface area contributed by atoms with Crippen molar-refractivity contribution in [2.24, 2.45) is 0 Å². The molecule has 22 heavy (non-hydrogen) atoms. The van der Waals surface area contributed by atoms with Crippen LogP contribution < -0.4 is 4.90 Å². The van der Waals surface area contributed by atoms with Crippen LogP contribution in [0.2, 0.25) is 5.28 Å². The molecular formula is C14H19ClN3O3S-. The molecule has 0 bridgehead atoms. The highest BCUT2D eigenvalue weighted by molar-refractivity contribution is 7.79. The van der Waals surface area contributed by atoms with Crippen molar-refractivity contribution >= 4 is 28.5 Å².